The van der Waals surface area contributed by atoms with Crippen molar-refractivity contribution in [2.24, 2.45) is 0 Å². The predicted molar refractivity (Wildman–Crippen MR) is 51.1 cm³/mol. The first kappa shape index (κ1) is 8.44. The van der Waals surface area contributed by atoms with E-state index in [0.717, 1.165) is 0 Å². The second kappa shape index (κ2) is 2.58. The van der Waals surface area contributed by atoms with Crippen LogP contribution in [-0.4, -0.2) is 17.9 Å². The molecule has 0 aromatic carbocycles. The average Bonchev–Trinajstić information content (AvgIpc) is 2.57. The zero-order chi connectivity index (χ0) is 9.76. The van der Waals surface area contributed by atoms with Crippen LogP contribution in [0.2, 0.25) is 0 Å². The summed E-state index contributed by atoms with van der Waals surface area (Å²) in [5, 5.41) is 2.06. The number of esters is 1. The van der Waals surface area contributed by atoms with Gasteiger partial charge in [-0.2, -0.15) is 0 Å². The van der Waals surface area contributed by atoms with Crippen molar-refractivity contribution in [1.82, 2.24) is 0 Å². The molecule has 0 unspecified atom stereocenters. The number of carbonyl (C=O) groups excluding carboxylic acids is 1. The first-order valence-corrected chi connectivity index (χ1v) is 5.49. The maximum absolute atomic E-state index is 11.5. The number of carbonyl (C=O) groups is 1. The SMILES string of the molecule is C[C@]12Cc3ccsc3C[C@H](OC1=O)O2. The largest absolute Gasteiger partial charge is 0.433 e. The van der Waals surface area contributed by atoms with E-state index in [1.54, 1.807) is 11.3 Å². The Morgan fingerprint density at radius 2 is 2.50 bits per heavy atom. The molecule has 2 bridgehead atoms. The minimum absolute atomic E-state index is 0.223. The fourth-order valence-corrected chi connectivity index (χ4v) is 2.94. The summed E-state index contributed by atoms with van der Waals surface area (Å²) in [6.07, 6.45) is 0.975. The zero-order valence-electron chi connectivity index (χ0n) is 7.78. The fourth-order valence-electron chi connectivity index (χ4n) is 2.02. The van der Waals surface area contributed by atoms with Crippen LogP contribution in [0.4, 0.5) is 0 Å². The summed E-state index contributed by atoms with van der Waals surface area (Å²) in [6.45, 7) is 1.81. The van der Waals surface area contributed by atoms with Crippen molar-refractivity contribution in [3.05, 3.63) is 21.9 Å². The Labute approximate surface area is 85.6 Å². The molecule has 4 heteroatoms. The molecule has 3 heterocycles. The third kappa shape index (κ3) is 1.04. The molecule has 0 radical (unpaired) electrons. The lowest BCUT2D eigenvalue weighted by Gasteiger charge is -2.16. The lowest BCUT2D eigenvalue weighted by molar-refractivity contribution is -0.145. The van der Waals surface area contributed by atoms with Crippen LogP contribution in [0, 0.1) is 0 Å². The molecule has 1 aromatic heterocycles. The Hall–Kier alpha value is -0.870. The monoisotopic (exact) mass is 210 g/mol. The summed E-state index contributed by atoms with van der Waals surface area (Å²) < 4.78 is 10.7. The summed E-state index contributed by atoms with van der Waals surface area (Å²) >= 11 is 1.71. The van der Waals surface area contributed by atoms with Gasteiger partial charge >= 0.3 is 5.97 Å². The van der Waals surface area contributed by atoms with Crippen molar-refractivity contribution in [2.45, 2.75) is 31.7 Å². The molecule has 2 atom stereocenters. The van der Waals surface area contributed by atoms with E-state index in [1.807, 2.05) is 6.92 Å². The van der Waals surface area contributed by atoms with Crippen LogP contribution in [0.15, 0.2) is 11.4 Å². The molecule has 0 spiro atoms. The highest BCUT2D eigenvalue weighted by Gasteiger charge is 2.49. The Balaban J connectivity index is 2.08. The van der Waals surface area contributed by atoms with Gasteiger partial charge in [0.2, 0.25) is 6.29 Å². The predicted octanol–water partition coefficient (Wildman–Crippen LogP) is 1.50. The summed E-state index contributed by atoms with van der Waals surface area (Å²) in [5.74, 6) is -0.223. The van der Waals surface area contributed by atoms with Crippen molar-refractivity contribution in [3.63, 3.8) is 0 Å². The second-order valence-electron chi connectivity index (χ2n) is 3.93. The molecule has 0 N–H and O–H groups in total. The summed E-state index contributed by atoms with van der Waals surface area (Å²) in [4.78, 5) is 12.8. The van der Waals surface area contributed by atoms with Crippen molar-refractivity contribution in [2.75, 3.05) is 0 Å². The molecule has 1 fully saturated rings. The topological polar surface area (TPSA) is 35.5 Å². The van der Waals surface area contributed by atoms with Gasteiger partial charge in [0.1, 0.15) is 0 Å². The minimum Gasteiger partial charge on any atom is -0.433 e. The van der Waals surface area contributed by atoms with Gasteiger partial charge < -0.3 is 9.47 Å². The van der Waals surface area contributed by atoms with Crippen LogP contribution in [0.3, 0.4) is 0 Å². The Bertz CT molecular complexity index is 398. The summed E-state index contributed by atoms with van der Waals surface area (Å²) in [5.41, 5.74) is 0.480. The minimum atomic E-state index is -0.753. The highest BCUT2D eigenvalue weighted by Crippen LogP contribution is 2.36. The van der Waals surface area contributed by atoms with E-state index in [9.17, 15) is 4.79 Å². The number of hydrogen-bond acceptors (Lipinski definition) is 4. The van der Waals surface area contributed by atoms with Crippen LogP contribution < -0.4 is 0 Å². The molecule has 74 valence electrons. The van der Waals surface area contributed by atoms with E-state index < -0.39 is 5.60 Å². The van der Waals surface area contributed by atoms with Crippen molar-refractivity contribution in [1.29, 1.82) is 0 Å². The number of ether oxygens (including phenoxy) is 2. The molecule has 2 aliphatic heterocycles. The van der Waals surface area contributed by atoms with Gasteiger partial charge in [-0.3, -0.25) is 0 Å². The third-order valence-electron chi connectivity index (χ3n) is 2.78. The molecule has 3 rings (SSSR count). The molecule has 0 saturated carbocycles. The van der Waals surface area contributed by atoms with Crippen molar-refractivity contribution >= 4 is 17.3 Å². The van der Waals surface area contributed by atoms with Gasteiger partial charge in [-0.25, -0.2) is 4.79 Å². The molecule has 14 heavy (non-hydrogen) atoms. The van der Waals surface area contributed by atoms with Gasteiger partial charge in [0.15, 0.2) is 5.60 Å². The zero-order valence-corrected chi connectivity index (χ0v) is 8.60. The van der Waals surface area contributed by atoms with Gasteiger partial charge in [-0.05, 0) is 23.9 Å². The molecular formula is C10H10O3S. The second-order valence-corrected chi connectivity index (χ2v) is 4.93. The normalized spacial score (nSPS) is 34.9. The maximum Gasteiger partial charge on any atom is 0.340 e. The van der Waals surface area contributed by atoms with Gasteiger partial charge in [-0.15, -0.1) is 11.3 Å². The van der Waals surface area contributed by atoms with E-state index in [4.69, 9.17) is 9.47 Å². The highest BCUT2D eigenvalue weighted by atomic mass is 32.1. The lowest BCUT2D eigenvalue weighted by atomic mass is 9.97. The third-order valence-corrected chi connectivity index (χ3v) is 3.76. The van der Waals surface area contributed by atoms with Gasteiger partial charge in [0.25, 0.3) is 0 Å². The lowest BCUT2D eigenvalue weighted by Crippen LogP contribution is -2.34. The highest BCUT2D eigenvalue weighted by molar-refractivity contribution is 7.10. The van der Waals surface area contributed by atoms with Crippen LogP contribution >= 0.6 is 11.3 Å². The Kier molecular flexibility index (Phi) is 1.56. The van der Waals surface area contributed by atoms with Crippen LogP contribution in [0.5, 0.6) is 0 Å². The van der Waals surface area contributed by atoms with Gasteiger partial charge in [0.05, 0.1) is 0 Å². The van der Waals surface area contributed by atoms with Crippen LogP contribution in [0.1, 0.15) is 17.4 Å². The van der Waals surface area contributed by atoms with E-state index >= 15 is 0 Å². The molecule has 0 amide bonds. The number of hydrogen-bond donors (Lipinski definition) is 0. The van der Waals surface area contributed by atoms with Crippen molar-refractivity contribution < 1.29 is 14.3 Å². The van der Waals surface area contributed by atoms with Gasteiger partial charge in [-0.1, -0.05) is 0 Å². The Morgan fingerprint density at radius 3 is 3.36 bits per heavy atom. The molecule has 3 nitrogen and oxygen atoms in total. The standard InChI is InChI=1S/C10H10O3S/c1-10-5-6-2-3-14-7(6)4-8(13-10)12-9(10)11/h2-3,8H,4-5H2,1H3/t8-,10+/m1/s1. The smallest absolute Gasteiger partial charge is 0.340 e. The first-order chi connectivity index (χ1) is 6.67. The van der Waals surface area contributed by atoms with E-state index in [-0.39, 0.29) is 12.3 Å². The summed E-state index contributed by atoms with van der Waals surface area (Å²) in [7, 11) is 0. The maximum atomic E-state index is 11.5. The molecular weight excluding hydrogens is 200 g/mol. The van der Waals surface area contributed by atoms with Crippen LogP contribution in [0.25, 0.3) is 0 Å². The molecule has 1 saturated heterocycles. The molecule has 1 aromatic rings. The van der Waals surface area contributed by atoms with Crippen molar-refractivity contribution in [3.8, 4) is 0 Å². The first-order valence-electron chi connectivity index (χ1n) is 4.61. The average molecular weight is 210 g/mol. The van der Waals surface area contributed by atoms with E-state index in [0.29, 0.717) is 12.8 Å². The number of rotatable bonds is 0. The summed E-state index contributed by atoms with van der Waals surface area (Å²) in [6, 6.07) is 2.07. The van der Waals surface area contributed by atoms with Crippen LogP contribution in [-0.2, 0) is 27.1 Å². The number of thiophene rings is 1. The fraction of sp³-hybridized carbons (Fsp3) is 0.500. The Morgan fingerprint density at radius 1 is 1.64 bits per heavy atom. The van der Waals surface area contributed by atoms with Gasteiger partial charge in [0, 0.05) is 17.7 Å². The molecule has 0 aliphatic carbocycles. The number of fused-ring (bicyclic) bond motifs is 3. The van der Waals surface area contributed by atoms with E-state index in [1.165, 1.54) is 10.4 Å². The quantitative estimate of drug-likeness (QED) is 0.609. The molecule has 2 aliphatic rings. The van der Waals surface area contributed by atoms with E-state index in [2.05, 4.69) is 11.4 Å².